The summed E-state index contributed by atoms with van der Waals surface area (Å²) < 4.78 is 34.0. The molecular weight excluding hydrogens is 560 g/mol. The highest BCUT2D eigenvalue weighted by atomic mass is 32.2. The van der Waals surface area contributed by atoms with Gasteiger partial charge in [0.1, 0.15) is 22.8 Å². The molecule has 0 aliphatic heterocycles. The number of rotatable bonds is 26. The number of unbranched alkanes of at least 4 members (excludes halogenated alkanes) is 15. The van der Waals surface area contributed by atoms with Gasteiger partial charge < -0.3 is 18.9 Å². The Hall–Kier alpha value is -2.54. The molecule has 0 bridgehead atoms. The minimum absolute atomic E-state index is 0.357. The molecule has 0 aliphatic rings. The van der Waals surface area contributed by atoms with Crippen molar-refractivity contribution < 1.29 is 28.0 Å². The lowest BCUT2D eigenvalue weighted by atomic mass is 10.0. The first kappa shape index (κ1) is 36.7. The highest BCUT2D eigenvalue weighted by molar-refractivity contribution is 7.84. The molecule has 1 atom stereocenters. The lowest BCUT2D eigenvalue weighted by molar-refractivity contribution is 0.0595. The van der Waals surface area contributed by atoms with Crippen LogP contribution in [0.15, 0.2) is 47.4 Å². The van der Waals surface area contributed by atoms with Crippen LogP contribution in [0.25, 0.3) is 0 Å². The van der Waals surface area contributed by atoms with Crippen LogP contribution in [0.2, 0.25) is 0 Å². The van der Waals surface area contributed by atoms with E-state index in [0.717, 1.165) is 23.5 Å². The Bertz CT molecular complexity index is 1020. The first-order chi connectivity index (χ1) is 21.0. The molecule has 2 aromatic carbocycles. The van der Waals surface area contributed by atoms with E-state index in [2.05, 4.69) is 6.92 Å². The van der Waals surface area contributed by atoms with Gasteiger partial charge in [-0.2, -0.15) is 0 Å². The monoisotopic (exact) mass is 616 g/mol. The Morgan fingerprint density at radius 3 is 1.60 bits per heavy atom. The van der Waals surface area contributed by atoms with Crippen molar-refractivity contribution in [1.82, 2.24) is 0 Å². The van der Waals surface area contributed by atoms with Crippen LogP contribution >= 0.6 is 0 Å². The van der Waals surface area contributed by atoms with E-state index in [-0.39, 0.29) is 0 Å². The lowest BCUT2D eigenvalue weighted by Crippen LogP contribution is -2.09. The van der Waals surface area contributed by atoms with Crippen molar-refractivity contribution in [3.8, 4) is 17.2 Å². The van der Waals surface area contributed by atoms with Crippen molar-refractivity contribution >= 4 is 16.8 Å². The van der Waals surface area contributed by atoms with E-state index in [4.69, 9.17) is 18.9 Å². The summed E-state index contributed by atoms with van der Waals surface area (Å²) >= 11 is 0. The molecule has 43 heavy (non-hydrogen) atoms. The molecule has 0 N–H and O–H groups in total. The maximum Gasteiger partial charge on any atom is 0.341 e. The summed E-state index contributed by atoms with van der Waals surface area (Å²) in [5.74, 6) is 1.38. The van der Waals surface area contributed by atoms with Crippen molar-refractivity contribution in [2.75, 3.05) is 33.2 Å². The zero-order valence-corrected chi connectivity index (χ0v) is 27.9. The molecule has 2 rings (SSSR count). The van der Waals surface area contributed by atoms with Gasteiger partial charge in [0, 0.05) is 28.4 Å². The highest BCUT2D eigenvalue weighted by Gasteiger charge is 2.15. The van der Waals surface area contributed by atoms with Crippen LogP contribution in [0.3, 0.4) is 0 Å². The van der Waals surface area contributed by atoms with Gasteiger partial charge in [-0.1, -0.05) is 103 Å². The van der Waals surface area contributed by atoms with E-state index in [0.29, 0.717) is 43.3 Å². The number of esters is 1. The van der Waals surface area contributed by atoms with Gasteiger partial charge in [-0.05, 0) is 48.9 Å². The van der Waals surface area contributed by atoms with Gasteiger partial charge in [-0.3, -0.25) is 4.21 Å². The minimum atomic E-state index is -1.01. The van der Waals surface area contributed by atoms with Crippen molar-refractivity contribution in [3.05, 3.63) is 48.0 Å². The van der Waals surface area contributed by atoms with Gasteiger partial charge >= 0.3 is 5.97 Å². The van der Waals surface area contributed by atoms with Crippen LogP contribution in [0.5, 0.6) is 17.2 Å². The van der Waals surface area contributed by atoms with Crippen LogP contribution in [-0.4, -0.2) is 43.4 Å². The second-order valence-corrected chi connectivity index (χ2v) is 12.7. The molecule has 0 fully saturated rings. The van der Waals surface area contributed by atoms with Gasteiger partial charge in [-0.15, -0.1) is 0 Å². The van der Waals surface area contributed by atoms with E-state index in [1.165, 1.54) is 97.0 Å². The molecule has 7 heteroatoms. The molecule has 0 spiro atoms. The average molecular weight is 617 g/mol. The van der Waals surface area contributed by atoms with Crippen LogP contribution in [-0.2, 0) is 15.5 Å². The predicted octanol–water partition coefficient (Wildman–Crippen LogP) is 9.70. The normalized spacial score (nSPS) is 11.7. The summed E-state index contributed by atoms with van der Waals surface area (Å²) in [6, 6.07) is 12.5. The van der Waals surface area contributed by atoms with Gasteiger partial charge in [0.25, 0.3) is 0 Å². The fraction of sp³-hybridized carbons (Fsp3) is 0.639. The summed E-state index contributed by atoms with van der Waals surface area (Å²) in [7, 11) is 0.358. The molecule has 0 aliphatic carbocycles. The Balaban J connectivity index is 1.54. The van der Waals surface area contributed by atoms with Crippen LogP contribution < -0.4 is 14.2 Å². The zero-order chi connectivity index (χ0) is 31.0. The van der Waals surface area contributed by atoms with Gasteiger partial charge in [0.05, 0.1) is 26.9 Å². The number of carbonyl (C=O) groups is 1. The van der Waals surface area contributed by atoms with E-state index < -0.39 is 16.8 Å². The molecule has 2 aromatic rings. The Morgan fingerprint density at radius 2 is 1.07 bits per heavy atom. The summed E-state index contributed by atoms with van der Waals surface area (Å²) in [6.07, 6.45) is 23.7. The molecular formula is C36H56O6S. The molecule has 242 valence electrons. The topological polar surface area (TPSA) is 71.1 Å². The number of hydrogen-bond acceptors (Lipinski definition) is 6. The number of methoxy groups -OCH3 is 1. The summed E-state index contributed by atoms with van der Waals surface area (Å²) in [6.45, 7) is 3.76. The molecule has 0 saturated carbocycles. The van der Waals surface area contributed by atoms with Crippen LogP contribution in [0, 0.1) is 0 Å². The molecule has 6 nitrogen and oxygen atoms in total. The van der Waals surface area contributed by atoms with E-state index >= 15 is 0 Å². The maximum atomic E-state index is 12.4. The van der Waals surface area contributed by atoms with Gasteiger partial charge in [0.2, 0.25) is 0 Å². The fourth-order valence-corrected chi connectivity index (χ4v) is 5.51. The standard InChI is InChI=1S/C36H56O6S/c1-4-5-6-7-8-9-10-11-12-13-14-15-16-17-18-19-27-41-32-23-26-35(34(30-32)36(37)39-2)42-29-20-28-40-31-21-24-33(25-22-31)43(3)38/h21-26,30H,4-20,27-29H2,1-3H3. The third-order valence-corrected chi connectivity index (χ3v) is 8.53. The second-order valence-electron chi connectivity index (χ2n) is 11.3. The minimum Gasteiger partial charge on any atom is -0.494 e. The zero-order valence-electron chi connectivity index (χ0n) is 27.0. The van der Waals surface area contributed by atoms with Gasteiger partial charge in [-0.25, -0.2) is 4.79 Å². The van der Waals surface area contributed by atoms with Crippen LogP contribution in [0.4, 0.5) is 0 Å². The highest BCUT2D eigenvalue weighted by Crippen LogP contribution is 2.26. The molecule has 1 unspecified atom stereocenters. The van der Waals surface area contributed by atoms with Crippen molar-refractivity contribution in [2.45, 2.75) is 121 Å². The quantitative estimate of drug-likeness (QED) is 0.0774. The maximum absolute atomic E-state index is 12.4. The first-order valence-electron chi connectivity index (χ1n) is 16.6. The van der Waals surface area contributed by atoms with Crippen molar-refractivity contribution in [1.29, 1.82) is 0 Å². The van der Waals surface area contributed by atoms with E-state index in [1.807, 2.05) is 18.2 Å². The predicted molar refractivity (Wildman–Crippen MR) is 177 cm³/mol. The smallest absolute Gasteiger partial charge is 0.341 e. The summed E-state index contributed by atoms with van der Waals surface area (Å²) in [5.41, 5.74) is 0.357. The average Bonchev–Trinajstić information content (AvgIpc) is 3.02. The SMILES string of the molecule is CCCCCCCCCCCCCCCCCCOc1ccc(OCCCOc2ccc(S(C)=O)cc2)c(C(=O)OC)c1. The van der Waals surface area contributed by atoms with Crippen LogP contribution in [0.1, 0.15) is 126 Å². The molecule has 0 heterocycles. The van der Waals surface area contributed by atoms with Crippen molar-refractivity contribution in [3.63, 3.8) is 0 Å². The summed E-state index contributed by atoms with van der Waals surface area (Å²) in [5, 5.41) is 0. The Morgan fingerprint density at radius 1 is 0.605 bits per heavy atom. The number of hydrogen-bond donors (Lipinski definition) is 0. The van der Waals surface area contributed by atoms with Gasteiger partial charge in [0.15, 0.2) is 0 Å². The largest absolute Gasteiger partial charge is 0.494 e. The molecule has 0 amide bonds. The molecule has 0 radical (unpaired) electrons. The lowest BCUT2D eigenvalue weighted by Gasteiger charge is -2.13. The number of benzene rings is 2. The summed E-state index contributed by atoms with van der Waals surface area (Å²) in [4.78, 5) is 13.1. The molecule has 0 aromatic heterocycles. The number of carbonyl (C=O) groups excluding carboxylic acids is 1. The van der Waals surface area contributed by atoms with E-state index in [9.17, 15) is 9.00 Å². The molecule has 0 saturated heterocycles. The third kappa shape index (κ3) is 16.8. The number of ether oxygens (including phenoxy) is 4. The van der Waals surface area contributed by atoms with Crippen molar-refractivity contribution in [2.24, 2.45) is 0 Å². The second kappa shape index (κ2) is 23.9. The Kier molecular flexibility index (Phi) is 20.3. The van der Waals surface area contributed by atoms with E-state index in [1.54, 1.807) is 30.5 Å². The first-order valence-corrected chi connectivity index (χ1v) is 18.1. The third-order valence-electron chi connectivity index (χ3n) is 7.59. The fourth-order valence-electron chi connectivity index (χ4n) is 4.99. The Labute approximate surface area is 263 Å².